The van der Waals surface area contributed by atoms with E-state index in [0.29, 0.717) is 12.8 Å². The molecule has 0 atom stereocenters. The maximum absolute atomic E-state index is 13.6. The van der Waals surface area contributed by atoms with Gasteiger partial charge in [-0.05, 0) is 31.0 Å². The number of ketones is 1. The molecule has 2 N–H and O–H groups in total. The fourth-order valence-electron chi connectivity index (χ4n) is 3.26. The van der Waals surface area contributed by atoms with Crippen LogP contribution in [-0.4, -0.2) is 36.4 Å². The quantitative estimate of drug-likeness (QED) is 0.691. The maximum Gasteiger partial charge on any atom is 0.311 e. The molecule has 1 aromatic rings. The molecule has 142 valence electrons. The molecule has 0 bridgehead atoms. The van der Waals surface area contributed by atoms with E-state index < -0.39 is 17.2 Å². The molecule has 1 aromatic carbocycles. The number of rotatable bonds is 8. The van der Waals surface area contributed by atoms with Gasteiger partial charge >= 0.3 is 5.97 Å². The van der Waals surface area contributed by atoms with Gasteiger partial charge in [-0.1, -0.05) is 19.3 Å². The summed E-state index contributed by atoms with van der Waals surface area (Å²) in [4.78, 5) is 35.7. The summed E-state index contributed by atoms with van der Waals surface area (Å²) in [7, 11) is 1.33. The molecule has 0 spiro atoms. The first-order valence-electron chi connectivity index (χ1n) is 8.75. The van der Waals surface area contributed by atoms with Gasteiger partial charge in [0.25, 0.3) is 0 Å². The van der Waals surface area contributed by atoms with E-state index in [1.807, 2.05) is 0 Å². The molecule has 26 heavy (non-hydrogen) atoms. The highest BCUT2D eigenvalue weighted by Crippen LogP contribution is 2.36. The summed E-state index contributed by atoms with van der Waals surface area (Å²) in [6.45, 7) is 0.0759. The second kappa shape index (κ2) is 8.78. The number of ether oxygens (including phenoxy) is 1. The van der Waals surface area contributed by atoms with Crippen molar-refractivity contribution in [3.05, 3.63) is 29.6 Å². The van der Waals surface area contributed by atoms with Crippen molar-refractivity contribution in [1.29, 1.82) is 0 Å². The van der Waals surface area contributed by atoms with E-state index in [2.05, 4.69) is 5.32 Å². The molecule has 0 heterocycles. The van der Waals surface area contributed by atoms with E-state index in [0.717, 1.165) is 25.3 Å². The summed E-state index contributed by atoms with van der Waals surface area (Å²) in [6, 6.07) is 3.90. The largest absolute Gasteiger partial charge is 0.494 e. The van der Waals surface area contributed by atoms with Crippen LogP contribution in [0.15, 0.2) is 18.2 Å². The van der Waals surface area contributed by atoms with Crippen LogP contribution in [0.4, 0.5) is 4.39 Å². The average molecular weight is 365 g/mol. The molecular weight excluding hydrogens is 341 g/mol. The molecule has 1 aliphatic rings. The number of Topliss-reactive ketones (excluding diaryl/α,β-unsaturated/α-hetero) is 1. The van der Waals surface area contributed by atoms with Crippen molar-refractivity contribution in [2.45, 2.75) is 44.9 Å². The third kappa shape index (κ3) is 4.80. The van der Waals surface area contributed by atoms with Crippen LogP contribution in [0.2, 0.25) is 0 Å². The molecule has 2 rings (SSSR count). The minimum atomic E-state index is -0.906. The number of amides is 1. The third-order valence-electron chi connectivity index (χ3n) is 4.94. The zero-order chi connectivity index (χ0) is 19.2. The van der Waals surface area contributed by atoms with Crippen LogP contribution < -0.4 is 10.1 Å². The van der Waals surface area contributed by atoms with E-state index in [4.69, 9.17) is 4.74 Å². The monoisotopic (exact) mass is 365 g/mol. The number of carbonyl (C=O) groups excluding carboxylic acids is 2. The lowest BCUT2D eigenvalue weighted by Crippen LogP contribution is -2.44. The number of carboxylic acid groups (broad SMARTS) is 1. The Morgan fingerprint density at radius 2 is 1.88 bits per heavy atom. The first-order valence-corrected chi connectivity index (χ1v) is 8.75. The fourth-order valence-corrected chi connectivity index (χ4v) is 3.26. The highest BCUT2D eigenvalue weighted by molar-refractivity contribution is 5.98. The molecule has 0 aliphatic heterocycles. The number of carbonyl (C=O) groups is 3. The van der Waals surface area contributed by atoms with Crippen LogP contribution in [0.3, 0.4) is 0 Å². The zero-order valence-electron chi connectivity index (χ0n) is 14.8. The Balaban J connectivity index is 1.85. The lowest BCUT2D eigenvalue weighted by Gasteiger charge is -2.33. The Hall–Kier alpha value is -2.44. The highest BCUT2D eigenvalue weighted by atomic mass is 19.1. The zero-order valence-corrected chi connectivity index (χ0v) is 14.8. The number of carboxylic acids is 1. The molecule has 0 aromatic heterocycles. The van der Waals surface area contributed by atoms with Crippen molar-refractivity contribution >= 4 is 17.7 Å². The van der Waals surface area contributed by atoms with Gasteiger partial charge in [-0.25, -0.2) is 4.39 Å². The second-order valence-corrected chi connectivity index (χ2v) is 6.70. The topological polar surface area (TPSA) is 92.7 Å². The van der Waals surface area contributed by atoms with Gasteiger partial charge in [0.05, 0.1) is 12.5 Å². The number of nitrogens with one attached hydrogen (secondary N) is 1. The van der Waals surface area contributed by atoms with Crippen LogP contribution in [0, 0.1) is 11.2 Å². The van der Waals surface area contributed by atoms with Gasteiger partial charge in [0.15, 0.2) is 17.3 Å². The van der Waals surface area contributed by atoms with Gasteiger partial charge < -0.3 is 15.2 Å². The number of halogens is 1. The maximum atomic E-state index is 13.6. The minimum absolute atomic E-state index is 0.0470. The molecule has 0 unspecified atom stereocenters. The van der Waals surface area contributed by atoms with Crippen molar-refractivity contribution in [2.24, 2.45) is 5.41 Å². The summed E-state index contributed by atoms with van der Waals surface area (Å²) in [5.41, 5.74) is -0.734. The Labute approximate surface area is 151 Å². The summed E-state index contributed by atoms with van der Waals surface area (Å²) < 4.78 is 18.4. The second-order valence-electron chi connectivity index (χ2n) is 6.70. The first kappa shape index (κ1) is 19.9. The molecule has 1 aliphatic carbocycles. The predicted molar refractivity (Wildman–Crippen MR) is 92.7 cm³/mol. The number of hydrogen-bond acceptors (Lipinski definition) is 4. The number of benzene rings is 1. The highest BCUT2D eigenvalue weighted by Gasteiger charge is 2.39. The Morgan fingerprint density at radius 1 is 1.19 bits per heavy atom. The fraction of sp³-hybridized carbons (Fsp3) is 0.526. The first-order chi connectivity index (χ1) is 12.4. The van der Waals surface area contributed by atoms with E-state index in [-0.39, 0.29) is 42.4 Å². The molecule has 0 saturated heterocycles. The molecule has 7 heteroatoms. The van der Waals surface area contributed by atoms with Gasteiger partial charge in [0.2, 0.25) is 5.91 Å². The van der Waals surface area contributed by atoms with Crippen LogP contribution in [0.1, 0.15) is 55.3 Å². The third-order valence-corrected chi connectivity index (χ3v) is 4.94. The Morgan fingerprint density at radius 3 is 2.46 bits per heavy atom. The molecule has 1 saturated carbocycles. The average Bonchev–Trinajstić information content (AvgIpc) is 2.65. The van der Waals surface area contributed by atoms with Crippen LogP contribution in [0.25, 0.3) is 0 Å². The van der Waals surface area contributed by atoms with Gasteiger partial charge in [0.1, 0.15) is 0 Å². The van der Waals surface area contributed by atoms with Gasteiger partial charge in [-0.2, -0.15) is 0 Å². The van der Waals surface area contributed by atoms with Crippen molar-refractivity contribution in [2.75, 3.05) is 13.7 Å². The van der Waals surface area contributed by atoms with Crippen molar-refractivity contribution in [3.8, 4) is 5.75 Å². The van der Waals surface area contributed by atoms with Crippen molar-refractivity contribution in [3.63, 3.8) is 0 Å². The molecule has 1 fully saturated rings. The molecule has 1 amide bonds. The minimum Gasteiger partial charge on any atom is -0.494 e. The van der Waals surface area contributed by atoms with Gasteiger partial charge in [-0.15, -0.1) is 0 Å². The van der Waals surface area contributed by atoms with E-state index in [1.165, 1.54) is 19.2 Å². The Bertz CT molecular complexity index is 683. The van der Waals surface area contributed by atoms with Crippen molar-refractivity contribution in [1.82, 2.24) is 5.32 Å². The van der Waals surface area contributed by atoms with E-state index >= 15 is 0 Å². The molecular formula is C19H24FNO5. The predicted octanol–water partition coefficient (Wildman–Crippen LogP) is 2.95. The molecule has 0 radical (unpaired) electrons. The lowest BCUT2D eigenvalue weighted by molar-refractivity contribution is -0.151. The van der Waals surface area contributed by atoms with E-state index in [9.17, 15) is 23.9 Å². The standard InChI is InChI=1S/C19H24FNO5/c1-26-16-7-5-13(11-14(16)20)15(22)6-8-17(23)21-12-19(18(24)25)9-3-2-4-10-19/h5,7,11H,2-4,6,8-10,12H2,1H3,(H,21,23)(H,24,25). The number of methoxy groups -OCH3 is 1. The van der Waals surface area contributed by atoms with Gasteiger partial charge in [0, 0.05) is 24.9 Å². The van der Waals surface area contributed by atoms with E-state index in [1.54, 1.807) is 0 Å². The van der Waals surface area contributed by atoms with Crippen LogP contribution in [-0.2, 0) is 9.59 Å². The Kier molecular flexibility index (Phi) is 6.71. The normalized spacial score (nSPS) is 15.9. The molecule has 6 nitrogen and oxygen atoms in total. The lowest BCUT2D eigenvalue weighted by atomic mass is 9.74. The van der Waals surface area contributed by atoms with Crippen molar-refractivity contribution < 1.29 is 28.6 Å². The van der Waals surface area contributed by atoms with Crippen LogP contribution >= 0.6 is 0 Å². The summed E-state index contributed by atoms with van der Waals surface area (Å²) in [5, 5.41) is 12.1. The SMILES string of the molecule is COc1ccc(C(=O)CCC(=O)NCC2(C(=O)O)CCCCC2)cc1F. The summed E-state index contributed by atoms with van der Waals surface area (Å²) in [6.07, 6.45) is 3.64. The van der Waals surface area contributed by atoms with Gasteiger partial charge in [-0.3, -0.25) is 14.4 Å². The number of aliphatic carboxylic acids is 1. The smallest absolute Gasteiger partial charge is 0.311 e. The summed E-state index contributed by atoms with van der Waals surface area (Å²) in [5.74, 6) is -2.21. The number of hydrogen-bond donors (Lipinski definition) is 2. The summed E-state index contributed by atoms with van der Waals surface area (Å²) >= 11 is 0. The van der Waals surface area contributed by atoms with Crippen LogP contribution in [0.5, 0.6) is 5.75 Å².